The van der Waals surface area contributed by atoms with Crippen molar-refractivity contribution >= 4 is 39.9 Å². The number of thiophene rings is 1. The van der Waals surface area contributed by atoms with Crippen molar-refractivity contribution in [2.75, 3.05) is 12.8 Å². The van der Waals surface area contributed by atoms with Gasteiger partial charge in [0, 0.05) is 17.5 Å². The van der Waals surface area contributed by atoms with E-state index in [0.717, 1.165) is 6.20 Å². The fourth-order valence-corrected chi connectivity index (χ4v) is 5.69. The Kier molecular flexibility index (Phi) is 4.68. The summed E-state index contributed by atoms with van der Waals surface area (Å²) in [6.07, 6.45) is 2.26. The van der Waals surface area contributed by atoms with Gasteiger partial charge in [0.1, 0.15) is 28.0 Å². The van der Waals surface area contributed by atoms with Crippen LogP contribution in [-0.4, -0.2) is 42.5 Å². The Bertz CT molecular complexity index is 1100. The Morgan fingerprint density at radius 1 is 1.46 bits per heavy atom. The van der Waals surface area contributed by atoms with E-state index < -0.39 is 22.3 Å². The summed E-state index contributed by atoms with van der Waals surface area (Å²) < 4.78 is 33.4. The van der Waals surface area contributed by atoms with Crippen molar-refractivity contribution in [1.82, 2.24) is 19.5 Å². The van der Waals surface area contributed by atoms with Crippen molar-refractivity contribution in [3.63, 3.8) is 0 Å². The Morgan fingerprint density at radius 3 is 2.93 bits per heavy atom. The maximum Gasteiger partial charge on any atom is 0.266 e. The van der Waals surface area contributed by atoms with Crippen LogP contribution < -0.4 is 5.73 Å². The van der Waals surface area contributed by atoms with Crippen LogP contribution in [0.3, 0.4) is 0 Å². The van der Waals surface area contributed by atoms with Crippen LogP contribution in [0.2, 0.25) is 5.02 Å². The third-order valence-electron chi connectivity index (χ3n) is 4.27. The van der Waals surface area contributed by atoms with Gasteiger partial charge in [-0.05, 0) is 19.1 Å². The van der Waals surface area contributed by atoms with Crippen molar-refractivity contribution < 1.29 is 13.0 Å². The van der Waals surface area contributed by atoms with Crippen molar-refractivity contribution in [3.05, 3.63) is 40.4 Å². The van der Waals surface area contributed by atoms with Crippen LogP contribution in [0.5, 0.6) is 0 Å². The standard InChI is InChI=1S/C16H14ClFN6O2S2/c1-16(6-28(25)24(2)15(19)22-16)13-9(17)4-12(27-13)8-3-11(20-5-10(8)18)14-23-21-7-26-14/h3-5,7H,6H2,1-2H3,(H2,19,22)/t16-,28?/m0/s1. The predicted molar refractivity (Wildman–Crippen MR) is 106 cm³/mol. The normalized spacial score (nSPS) is 22.4. The number of guanidine groups is 1. The van der Waals surface area contributed by atoms with Crippen molar-refractivity contribution in [2.45, 2.75) is 12.5 Å². The summed E-state index contributed by atoms with van der Waals surface area (Å²) in [6, 6.07) is 3.16. The first kappa shape index (κ1) is 19.0. The molecule has 0 saturated carbocycles. The molecule has 1 unspecified atom stereocenters. The minimum atomic E-state index is -1.34. The summed E-state index contributed by atoms with van der Waals surface area (Å²) in [5, 5.41) is 7.79. The van der Waals surface area contributed by atoms with Gasteiger partial charge in [0.15, 0.2) is 0 Å². The van der Waals surface area contributed by atoms with Gasteiger partial charge in [-0.25, -0.2) is 18.6 Å². The molecular weight excluding hydrogens is 427 g/mol. The number of halogens is 2. The summed E-state index contributed by atoms with van der Waals surface area (Å²) in [5.74, 6) is 0.0366. The zero-order valence-corrected chi connectivity index (χ0v) is 17.1. The maximum atomic E-state index is 14.5. The minimum absolute atomic E-state index is 0.159. The molecule has 2 atom stereocenters. The Morgan fingerprint density at radius 2 is 2.25 bits per heavy atom. The van der Waals surface area contributed by atoms with E-state index in [-0.39, 0.29) is 23.2 Å². The summed E-state index contributed by atoms with van der Waals surface area (Å²) in [7, 11) is 0.270. The SMILES string of the molecule is CN1C(N)=N[C@](C)(c2sc(-c3cc(-c4nnco4)ncc3F)cc2Cl)CS1=O. The van der Waals surface area contributed by atoms with Gasteiger partial charge in [-0.1, -0.05) is 11.6 Å². The highest BCUT2D eigenvalue weighted by Gasteiger charge is 2.38. The quantitative estimate of drug-likeness (QED) is 0.670. The van der Waals surface area contributed by atoms with Gasteiger partial charge in [-0.3, -0.25) is 4.31 Å². The van der Waals surface area contributed by atoms with Crippen molar-refractivity contribution in [1.29, 1.82) is 0 Å². The number of hydrogen-bond acceptors (Lipinski definition) is 8. The number of nitrogens with zero attached hydrogens (tertiary/aromatic N) is 5. The van der Waals surface area contributed by atoms with Crippen molar-refractivity contribution in [2.24, 2.45) is 10.7 Å². The number of rotatable bonds is 3. The topological polar surface area (TPSA) is 110 Å². The number of aliphatic imine (C=N–C) groups is 1. The molecule has 28 heavy (non-hydrogen) atoms. The van der Waals surface area contributed by atoms with E-state index in [4.69, 9.17) is 21.8 Å². The number of hydrogen-bond donors (Lipinski definition) is 1. The number of aromatic nitrogens is 3. The van der Waals surface area contributed by atoms with Gasteiger partial charge in [0.05, 0.1) is 21.8 Å². The molecule has 4 rings (SSSR count). The summed E-state index contributed by atoms with van der Waals surface area (Å²) in [4.78, 5) is 9.69. The smallest absolute Gasteiger partial charge is 0.266 e. The third-order valence-corrected chi connectivity index (χ3v) is 7.71. The van der Waals surface area contributed by atoms with E-state index in [1.807, 2.05) is 0 Å². The van der Waals surface area contributed by atoms with Gasteiger partial charge in [0.25, 0.3) is 5.89 Å². The second kappa shape index (κ2) is 6.90. The lowest BCUT2D eigenvalue weighted by Gasteiger charge is -2.33. The third kappa shape index (κ3) is 3.19. The van der Waals surface area contributed by atoms with E-state index in [1.165, 1.54) is 28.1 Å². The van der Waals surface area contributed by atoms with E-state index in [1.54, 1.807) is 20.0 Å². The van der Waals surface area contributed by atoms with Gasteiger partial charge in [0.2, 0.25) is 12.4 Å². The molecule has 0 saturated heterocycles. The molecule has 3 aromatic heterocycles. The van der Waals surface area contributed by atoms with Crippen LogP contribution >= 0.6 is 22.9 Å². The Balaban J connectivity index is 1.79. The molecule has 8 nitrogen and oxygen atoms in total. The molecule has 0 fully saturated rings. The Labute approximate surface area is 170 Å². The second-order valence-corrected chi connectivity index (χ2v) is 9.23. The monoisotopic (exact) mass is 440 g/mol. The molecule has 12 heteroatoms. The van der Waals surface area contributed by atoms with Crippen LogP contribution in [0.25, 0.3) is 22.0 Å². The molecule has 4 heterocycles. The van der Waals surface area contributed by atoms with Gasteiger partial charge < -0.3 is 10.2 Å². The van der Waals surface area contributed by atoms with E-state index in [0.29, 0.717) is 20.5 Å². The van der Waals surface area contributed by atoms with E-state index in [9.17, 15) is 8.60 Å². The predicted octanol–water partition coefficient (Wildman–Crippen LogP) is 2.79. The van der Waals surface area contributed by atoms with Crippen LogP contribution in [0.4, 0.5) is 4.39 Å². The first-order chi connectivity index (χ1) is 13.3. The van der Waals surface area contributed by atoms with Gasteiger partial charge >= 0.3 is 0 Å². The van der Waals surface area contributed by atoms with E-state index >= 15 is 0 Å². The number of pyridine rings is 1. The molecule has 0 amide bonds. The average molecular weight is 441 g/mol. The van der Waals surface area contributed by atoms with Crippen molar-refractivity contribution in [3.8, 4) is 22.0 Å². The molecule has 0 bridgehead atoms. The highest BCUT2D eigenvalue weighted by molar-refractivity contribution is 7.83. The lowest BCUT2D eigenvalue weighted by atomic mass is 10.0. The lowest BCUT2D eigenvalue weighted by molar-refractivity contribution is 0.524. The largest absolute Gasteiger partial charge is 0.422 e. The molecule has 0 aromatic carbocycles. The fraction of sp³-hybridized carbons (Fsp3) is 0.250. The summed E-state index contributed by atoms with van der Waals surface area (Å²) in [6.45, 7) is 1.80. The fourth-order valence-electron chi connectivity index (χ4n) is 2.81. The van der Waals surface area contributed by atoms with E-state index in [2.05, 4.69) is 20.2 Å². The molecule has 2 N–H and O–H groups in total. The zero-order chi connectivity index (χ0) is 20.1. The van der Waals surface area contributed by atoms with Crippen LogP contribution in [-0.2, 0) is 16.5 Å². The molecule has 3 aromatic rings. The summed E-state index contributed by atoms with van der Waals surface area (Å²) in [5.41, 5.74) is 5.66. The zero-order valence-electron chi connectivity index (χ0n) is 14.7. The molecule has 0 spiro atoms. The molecule has 0 aliphatic carbocycles. The first-order valence-corrected chi connectivity index (χ1v) is 10.5. The molecule has 1 aliphatic rings. The minimum Gasteiger partial charge on any atom is -0.422 e. The highest BCUT2D eigenvalue weighted by Crippen LogP contribution is 2.44. The second-order valence-electron chi connectivity index (χ2n) is 6.29. The molecular formula is C16H14ClFN6O2S2. The molecule has 1 aliphatic heterocycles. The van der Waals surface area contributed by atoms with Gasteiger partial charge in [-0.2, -0.15) is 0 Å². The first-order valence-electron chi connectivity index (χ1n) is 7.98. The number of nitrogens with two attached hydrogens (primary N) is 1. The van der Waals surface area contributed by atoms with Crippen LogP contribution in [0.1, 0.15) is 11.8 Å². The summed E-state index contributed by atoms with van der Waals surface area (Å²) >= 11 is 7.71. The maximum absolute atomic E-state index is 14.5. The molecule has 146 valence electrons. The van der Waals surface area contributed by atoms with Gasteiger partial charge in [-0.15, -0.1) is 21.5 Å². The van der Waals surface area contributed by atoms with Crippen LogP contribution in [0.15, 0.2) is 34.1 Å². The lowest BCUT2D eigenvalue weighted by Crippen LogP contribution is -2.47. The average Bonchev–Trinajstić information content (AvgIpc) is 3.30. The Hall–Kier alpha value is -2.37. The highest BCUT2D eigenvalue weighted by atomic mass is 35.5. The molecule has 0 radical (unpaired) electrons. The van der Waals surface area contributed by atoms with Crippen LogP contribution in [0, 0.1) is 5.82 Å².